The zero-order valence-corrected chi connectivity index (χ0v) is 19.8. The molecule has 1 unspecified atom stereocenters. The number of carbonyl (C=O) groups excluding carboxylic acids is 1. The molecule has 1 aromatic carbocycles. The number of benzene rings is 1. The first-order valence-electron chi connectivity index (χ1n) is 11.7. The lowest BCUT2D eigenvalue weighted by Gasteiger charge is -2.36. The van der Waals surface area contributed by atoms with Crippen LogP contribution < -0.4 is 0 Å². The number of hydrogen-bond donors (Lipinski definition) is 2. The molecule has 1 fully saturated rings. The van der Waals surface area contributed by atoms with Gasteiger partial charge in [0.15, 0.2) is 5.82 Å². The van der Waals surface area contributed by atoms with Crippen LogP contribution in [0, 0.1) is 13.8 Å². The van der Waals surface area contributed by atoms with E-state index < -0.39 is 12.2 Å². The Labute approximate surface area is 202 Å². The zero-order valence-electron chi connectivity index (χ0n) is 19.8. The average molecular weight is 480 g/mol. The summed E-state index contributed by atoms with van der Waals surface area (Å²) in [5.41, 5.74) is 4.77. The average Bonchev–Trinajstić information content (AvgIpc) is 3.51. The molecule has 0 bridgehead atoms. The van der Waals surface area contributed by atoms with Crippen LogP contribution in [0.25, 0.3) is 5.82 Å². The lowest BCUT2D eigenvalue weighted by molar-refractivity contribution is 0.0478. The molecule has 0 spiro atoms. The number of carbonyl (C=O) groups is 1. The van der Waals surface area contributed by atoms with Crippen LogP contribution in [-0.4, -0.2) is 90.4 Å². The third kappa shape index (κ3) is 4.80. The Balaban J connectivity index is 1.14. The minimum absolute atomic E-state index is 0.275. The molecule has 1 saturated heterocycles. The number of aryl methyl sites for hydroxylation is 1. The maximum atomic E-state index is 11.8. The van der Waals surface area contributed by atoms with Gasteiger partial charge in [-0.25, -0.2) is 9.78 Å². The topological polar surface area (TPSA) is 130 Å². The first-order valence-corrected chi connectivity index (χ1v) is 11.7. The SMILES string of the molecule is Cc1nc(-n2cnnn2)ccc1C(O)CN1CCN(C[C@H](O)c2ccc3c(c2C)COC3=O)CC1. The first-order chi connectivity index (χ1) is 16.9. The van der Waals surface area contributed by atoms with E-state index in [1.165, 1.54) is 11.0 Å². The van der Waals surface area contributed by atoms with Gasteiger partial charge in [-0.2, -0.15) is 4.68 Å². The maximum absolute atomic E-state index is 11.8. The van der Waals surface area contributed by atoms with Crippen LogP contribution >= 0.6 is 0 Å². The Hall–Kier alpha value is -3.25. The van der Waals surface area contributed by atoms with Crippen molar-refractivity contribution >= 4 is 5.97 Å². The number of nitrogens with zero attached hydrogens (tertiary/aromatic N) is 7. The van der Waals surface area contributed by atoms with Gasteiger partial charge in [-0.05, 0) is 47.5 Å². The van der Waals surface area contributed by atoms with Crippen molar-refractivity contribution in [3.8, 4) is 5.82 Å². The summed E-state index contributed by atoms with van der Waals surface area (Å²) >= 11 is 0. The van der Waals surface area contributed by atoms with Gasteiger partial charge in [-0.3, -0.25) is 9.80 Å². The highest BCUT2D eigenvalue weighted by molar-refractivity contribution is 5.93. The van der Waals surface area contributed by atoms with Gasteiger partial charge in [0.05, 0.1) is 17.8 Å². The standard InChI is InChI=1S/C24H29N7O4/c1-15-17(3-4-19-20(15)13-35-24(19)34)21(32)11-29-7-9-30(10-8-29)12-22(33)18-5-6-23(26-16(18)2)31-14-25-27-28-31/h3-6,14,21-22,32-33H,7-13H2,1-2H3/t21-,22?/m0/s1. The quantitative estimate of drug-likeness (QED) is 0.468. The van der Waals surface area contributed by atoms with Gasteiger partial charge in [0.1, 0.15) is 12.9 Å². The largest absolute Gasteiger partial charge is 0.457 e. The number of tetrazole rings is 1. The maximum Gasteiger partial charge on any atom is 0.338 e. The van der Waals surface area contributed by atoms with Crippen molar-refractivity contribution in [3.63, 3.8) is 0 Å². The Kier molecular flexibility index (Phi) is 6.56. The monoisotopic (exact) mass is 479 g/mol. The summed E-state index contributed by atoms with van der Waals surface area (Å²) in [6, 6.07) is 7.25. The van der Waals surface area contributed by atoms with Crippen molar-refractivity contribution in [1.82, 2.24) is 35.0 Å². The zero-order chi connectivity index (χ0) is 24.5. The first kappa shape index (κ1) is 23.5. The van der Waals surface area contributed by atoms with E-state index in [1.54, 1.807) is 12.1 Å². The van der Waals surface area contributed by atoms with Crippen LogP contribution in [0.15, 0.2) is 30.6 Å². The molecule has 2 aliphatic rings. The van der Waals surface area contributed by atoms with E-state index >= 15 is 0 Å². The van der Waals surface area contributed by atoms with Gasteiger partial charge in [0.2, 0.25) is 0 Å². The molecule has 2 aromatic heterocycles. The number of hydrogen-bond acceptors (Lipinski definition) is 10. The summed E-state index contributed by atoms with van der Waals surface area (Å²) in [4.78, 5) is 20.7. The number of fused-ring (bicyclic) bond motifs is 1. The minimum atomic E-state index is -0.651. The number of cyclic esters (lactones) is 1. The van der Waals surface area contributed by atoms with E-state index in [2.05, 4.69) is 30.3 Å². The van der Waals surface area contributed by atoms with Crippen molar-refractivity contribution in [2.24, 2.45) is 0 Å². The molecule has 35 heavy (non-hydrogen) atoms. The van der Waals surface area contributed by atoms with Crippen LogP contribution in [0.5, 0.6) is 0 Å². The molecular formula is C24H29N7O4. The van der Waals surface area contributed by atoms with Crippen LogP contribution in [-0.2, 0) is 11.3 Å². The Bertz CT molecular complexity index is 1210. The molecule has 0 amide bonds. The van der Waals surface area contributed by atoms with Crippen LogP contribution in [0.2, 0.25) is 0 Å². The lowest BCUT2D eigenvalue weighted by Crippen LogP contribution is -2.48. The highest BCUT2D eigenvalue weighted by atomic mass is 16.5. The molecule has 11 nitrogen and oxygen atoms in total. The second-order valence-electron chi connectivity index (χ2n) is 9.11. The number of piperazine rings is 1. The molecule has 0 aliphatic carbocycles. The highest BCUT2D eigenvalue weighted by Gasteiger charge is 2.27. The van der Waals surface area contributed by atoms with Crippen molar-refractivity contribution in [2.75, 3.05) is 39.3 Å². The van der Waals surface area contributed by atoms with Crippen LogP contribution in [0.3, 0.4) is 0 Å². The molecular weight excluding hydrogens is 450 g/mol. The van der Waals surface area contributed by atoms with Gasteiger partial charge >= 0.3 is 5.97 Å². The summed E-state index contributed by atoms with van der Waals surface area (Å²) in [6.07, 6.45) is 0.192. The number of β-amino-alcohol motifs (C(OH)–C–C–N with tert-alkyl or cyclic N) is 2. The highest BCUT2D eigenvalue weighted by Crippen LogP contribution is 2.29. The second kappa shape index (κ2) is 9.78. The third-order valence-electron chi connectivity index (χ3n) is 6.95. The summed E-state index contributed by atoms with van der Waals surface area (Å²) < 4.78 is 6.61. The van der Waals surface area contributed by atoms with Crippen molar-refractivity contribution in [1.29, 1.82) is 0 Å². The minimum Gasteiger partial charge on any atom is -0.457 e. The fourth-order valence-electron chi connectivity index (χ4n) is 4.87. The van der Waals surface area contributed by atoms with E-state index in [0.29, 0.717) is 24.5 Å². The summed E-state index contributed by atoms with van der Waals surface area (Å²) in [5.74, 6) is 0.310. The van der Waals surface area contributed by atoms with E-state index in [0.717, 1.165) is 54.1 Å². The number of aromatic nitrogens is 5. The van der Waals surface area contributed by atoms with E-state index in [-0.39, 0.29) is 12.6 Å². The molecule has 11 heteroatoms. The van der Waals surface area contributed by atoms with Gasteiger partial charge in [-0.1, -0.05) is 12.1 Å². The Morgan fingerprint density at radius 3 is 2.26 bits per heavy atom. The molecule has 2 N–H and O–H groups in total. The number of pyridine rings is 1. The predicted molar refractivity (Wildman–Crippen MR) is 125 cm³/mol. The van der Waals surface area contributed by atoms with E-state index in [1.807, 2.05) is 26.0 Å². The summed E-state index contributed by atoms with van der Waals surface area (Å²) in [7, 11) is 0. The number of aliphatic hydroxyl groups excluding tert-OH is 2. The predicted octanol–water partition coefficient (Wildman–Crippen LogP) is 0.729. The fourth-order valence-corrected chi connectivity index (χ4v) is 4.87. The summed E-state index contributed by atoms with van der Waals surface area (Å²) in [5, 5.41) is 32.8. The number of esters is 1. The van der Waals surface area contributed by atoms with Crippen molar-refractivity contribution < 1.29 is 19.7 Å². The lowest BCUT2D eigenvalue weighted by atomic mass is 9.95. The van der Waals surface area contributed by atoms with Gasteiger partial charge < -0.3 is 14.9 Å². The molecule has 4 heterocycles. The van der Waals surface area contributed by atoms with Crippen LogP contribution in [0.4, 0.5) is 0 Å². The second-order valence-corrected chi connectivity index (χ2v) is 9.11. The normalized spacial score (nSPS) is 18.3. The third-order valence-corrected chi connectivity index (χ3v) is 6.95. The van der Waals surface area contributed by atoms with E-state index in [4.69, 9.17) is 4.74 Å². The molecule has 0 saturated carbocycles. The molecule has 2 atom stereocenters. The number of aliphatic hydroxyl groups is 2. The van der Waals surface area contributed by atoms with Gasteiger partial charge in [0, 0.05) is 56.1 Å². The van der Waals surface area contributed by atoms with Crippen LogP contribution in [0.1, 0.15) is 50.5 Å². The number of rotatable bonds is 7. The Morgan fingerprint density at radius 2 is 1.63 bits per heavy atom. The van der Waals surface area contributed by atoms with Crippen molar-refractivity contribution in [3.05, 3.63) is 64.1 Å². The smallest absolute Gasteiger partial charge is 0.338 e. The molecule has 0 radical (unpaired) electrons. The molecule has 184 valence electrons. The molecule has 5 rings (SSSR count). The fraction of sp³-hybridized carbons (Fsp3) is 0.458. The number of ether oxygens (including phenoxy) is 1. The Morgan fingerprint density at radius 1 is 0.971 bits per heavy atom. The van der Waals surface area contributed by atoms with Crippen molar-refractivity contribution in [2.45, 2.75) is 32.7 Å². The summed E-state index contributed by atoms with van der Waals surface area (Å²) in [6.45, 7) is 8.30. The van der Waals surface area contributed by atoms with Gasteiger partial charge in [-0.15, -0.1) is 5.10 Å². The van der Waals surface area contributed by atoms with E-state index in [9.17, 15) is 15.0 Å². The van der Waals surface area contributed by atoms with Gasteiger partial charge in [0.25, 0.3) is 0 Å². The molecule has 2 aliphatic heterocycles. The molecule has 3 aromatic rings.